The summed E-state index contributed by atoms with van der Waals surface area (Å²) < 4.78 is 31.0. The number of benzene rings is 2. The first kappa shape index (κ1) is 14.8. The van der Waals surface area contributed by atoms with Gasteiger partial charge in [-0.2, -0.15) is 0 Å². The molecule has 22 heavy (non-hydrogen) atoms. The summed E-state index contributed by atoms with van der Waals surface area (Å²) in [7, 11) is -3.78. The van der Waals surface area contributed by atoms with Crippen LogP contribution in [-0.2, 0) is 21.1 Å². The molecule has 0 saturated carbocycles. The van der Waals surface area contributed by atoms with Gasteiger partial charge in [-0.15, -0.1) is 0 Å². The average Bonchev–Trinajstić information content (AvgIpc) is 2.48. The summed E-state index contributed by atoms with van der Waals surface area (Å²) in [5, 5.41) is -1.19. The first-order valence-electron chi connectivity index (χ1n) is 7.00. The summed E-state index contributed by atoms with van der Waals surface area (Å²) in [6, 6.07) is 12.2. The zero-order valence-corrected chi connectivity index (χ0v) is 13.2. The summed E-state index contributed by atoms with van der Waals surface area (Å²) in [4.78, 5) is 12.4. The van der Waals surface area contributed by atoms with E-state index in [9.17, 15) is 13.2 Å². The Labute approximate surface area is 129 Å². The van der Waals surface area contributed by atoms with Crippen LogP contribution in [0.4, 0.5) is 0 Å². The second kappa shape index (κ2) is 5.25. The van der Waals surface area contributed by atoms with Crippen molar-refractivity contribution in [1.82, 2.24) is 0 Å². The van der Waals surface area contributed by atoms with Crippen molar-refractivity contribution in [1.29, 1.82) is 0 Å². The maximum absolute atomic E-state index is 12.9. The van der Waals surface area contributed by atoms with E-state index in [0.29, 0.717) is 11.3 Å². The van der Waals surface area contributed by atoms with E-state index in [-0.39, 0.29) is 11.3 Å². The highest BCUT2D eigenvalue weighted by atomic mass is 32.2. The highest BCUT2D eigenvalue weighted by Gasteiger charge is 2.40. The Morgan fingerprint density at radius 2 is 1.82 bits per heavy atom. The number of esters is 1. The quantitative estimate of drug-likeness (QED) is 0.631. The Kier molecular flexibility index (Phi) is 3.53. The maximum Gasteiger partial charge on any atom is 0.330 e. The lowest BCUT2D eigenvalue weighted by Gasteiger charge is -2.24. The zero-order chi connectivity index (χ0) is 15.9. The van der Waals surface area contributed by atoms with Gasteiger partial charge in [0.15, 0.2) is 15.1 Å². The van der Waals surface area contributed by atoms with E-state index in [1.54, 1.807) is 43.3 Å². The fraction of sp³-hybridized carbons (Fsp3) is 0.235. The molecule has 0 bridgehead atoms. The molecule has 1 atom stereocenters. The van der Waals surface area contributed by atoms with Crippen LogP contribution in [0.15, 0.2) is 47.4 Å². The van der Waals surface area contributed by atoms with Crippen molar-refractivity contribution >= 4 is 15.8 Å². The largest absolute Gasteiger partial charge is 0.425 e. The molecule has 1 aliphatic heterocycles. The Balaban J connectivity index is 2.07. The zero-order valence-electron chi connectivity index (χ0n) is 12.4. The molecule has 0 radical (unpaired) electrons. The summed E-state index contributed by atoms with van der Waals surface area (Å²) in [5.41, 5.74) is 2.21. The van der Waals surface area contributed by atoms with Gasteiger partial charge in [-0.05, 0) is 42.7 Å². The number of carbonyl (C=O) groups excluding carboxylic acids is 1. The van der Waals surface area contributed by atoms with Crippen molar-refractivity contribution in [3.63, 3.8) is 0 Å². The molecule has 1 unspecified atom stereocenters. The number of carbonyl (C=O) groups is 1. The van der Waals surface area contributed by atoms with Crippen LogP contribution in [0.2, 0.25) is 0 Å². The van der Waals surface area contributed by atoms with Gasteiger partial charge >= 0.3 is 5.97 Å². The van der Waals surface area contributed by atoms with E-state index in [0.717, 1.165) is 11.1 Å². The number of fused-ring (bicyclic) bond motifs is 1. The summed E-state index contributed by atoms with van der Waals surface area (Å²) in [6.07, 6.45) is 0.144. The summed E-state index contributed by atoms with van der Waals surface area (Å²) >= 11 is 0. The van der Waals surface area contributed by atoms with Gasteiger partial charge in [-0.3, -0.25) is 4.79 Å². The van der Waals surface area contributed by atoms with Gasteiger partial charge in [0.25, 0.3) is 0 Å². The molecule has 2 aromatic rings. The van der Waals surface area contributed by atoms with Crippen LogP contribution >= 0.6 is 0 Å². The number of hydrogen-bond donors (Lipinski definition) is 0. The number of aryl methyl sites for hydroxylation is 2. The van der Waals surface area contributed by atoms with E-state index in [1.165, 1.54) is 0 Å². The predicted octanol–water partition coefficient (Wildman–Crippen LogP) is 2.61. The third-order valence-corrected chi connectivity index (χ3v) is 6.04. The van der Waals surface area contributed by atoms with Crippen molar-refractivity contribution in [2.45, 2.75) is 30.4 Å². The van der Waals surface area contributed by atoms with Gasteiger partial charge < -0.3 is 4.74 Å². The molecular weight excluding hydrogens is 300 g/mol. The lowest BCUT2D eigenvalue weighted by molar-refractivity contribution is -0.134. The minimum Gasteiger partial charge on any atom is -0.425 e. The third-order valence-electron chi connectivity index (χ3n) is 3.88. The minimum atomic E-state index is -3.78. The molecule has 4 nitrogen and oxygen atoms in total. The standard InChI is InChI=1S/C17H16O4S/c1-11-7-8-12(2)15(9-11)22(19,20)16-10-13-5-3-4-6-14(13)21-17(16)18/h3-9,16H,10H2,1-2H3. The van der Waals surface area contributed by atoms with E-state index in [1.807, 2.05) is 13.0 Å². The lowest BCUT2D eigenvalue weighted by atomic mass is 10.1. The van der Waals surface area contributed by atoms with Gasteiger partial charge in [0.2, 0.25) is 0 Å². The van der Waals surface area contributed by atoms with Crippen molar-refractivity contribution in [2.24, 2.45) is 0 Å². The molecule has 0 saturated heterocycles. The van der Waals surface area contributed by atoms with Gasteiger partial charge in [0.05, 0.1) is 4.90 Å². The number of ether oxygens (including phenoxy) is 1. The van der Waals surface area contributed by atoms with E-state index < -0.39 is 21.1 Å². The average molecular weight is 316 g/mol. The molecule has 3 rings (SSSR count). The second-order valence-corrected chi connectivity index (χ2v) is 7.63. The predicted molar refractivity (Wildman–Crippen MR) is 82.7 cm³/mol. The molecule has 0 aromatic heterocycles. The molecule has 0 spiro atoms. The first-order valence-corrected chi connectivity index (χ1v) is 8.55. The van der Waals surface area contributed by atoms with Crippen LogP contribution in [-0.4, -0.2) is 19.6 Å². The van der Waals surface area contributed by atoms with E-state index >= 15 is 0 Å². The van der Waals surface area contributed by atoms with Crippen LogP contribution in [0.3, 0.4) is 0 Å². The monoisotopic (exact) mass is 316 g/mol. The van der Waals surface area contributed by atoms with E-state index in [4.69, 9.17) is 4.74 Å². The molecule has 1 aliphatic rings. The third kappa shape index (κ3) is 2.41. The topological polar surface area (TPSA) is 60.4 Å². The molecule has 0 N–H and O–H groups in total. The van der Waals surface area contributed by atoms with Crippen LogP contribution in [0.25, 0.3) is 0 Å². The molecule has 0 fully saturated rings. The van der Waals surface area contributed by atoms with Crippen LogP contribution in [0.1, 0.15) is 16.7 Å². The highest BCUT2D eigenvalue weighted by Crippen LogP contribution is 2.31. The molecule has 114 valence electrons. The minimum absolute atomic E-state index is 0.144. The van der Waals surface area contributed by atoms with Gasteiger partial charge in [-0.1, -0.05) is 30.3 Å². The molecular formula is C17H16O4S. The number of rotatable bonds is 2. The van der Waals surface area contributed by atoms with E-state index in [2.05, 4.69) is 0 Å². The number of para-hydroxylation sites is 1. The number of sulfone groups is 1. The van der Waals surface area contributed by atoms with Crippen LogP contribution < -0.4 is 4.74 Å². The lowest BCUT2D eigenvalue weighted by Crippen LogP contribution is -2.39. The molecule has 5 heteroatoms. The molecule has 1 heterocycles. The van der Waals surface area contributed by atoms with Gasteiger partial charge in [-0.25, -0.2) is 8.42 Å². The van der Waals surface area contributed by atoms with Gasteiger partial charge in [0.1, 0.15) is 5.75 Å². The molecule has 0 amide bonds. The first-order chi connectivity index (χ1) is 10.4. The highest BCUT2D eigenvalue weighted by molar-refractivity contribution is 7.92. The smallest absolute Gasteiger partial charge is 0.330 e. The van der Waals surface area contributed by atoms with Crippen molar-refractivity contribution in [3.8, 4) is 5.75 Å². The Bertz CT molecular complexity index is 853. The normalized spacial score (nSPS) is 17.7. The molecule has 2 aromatic carbocycles. The Morgan fingerprint density at radius 1 is 1.09 bits per heavy atom. The molecule has 0 aliphatic carbocycles. The Morgan fingerprint density at radius 3 is 2.59 bits per heavy atom. The number of hydrogen-bond acceptors (Lipinski definition) is 4. The van der Waals surface area contributed by atoms with Crippen LogP contribution in [0.5, 0.6) is 5.75 Å². The van der Waals surface area contributed by atoms with Crippen molar-refractivity contribution in [2.75, 3.05) is 0 Å². The van der Waals surface area contributed by atoms with Crippen molar-refractivity contribution in [3.05, 3.63) is 59.2 Å². The summed E-state index contributed by atoms with van der Waals surface area (Å²) in [5.74, 6) is -0.264. The van der Waals surface area contributed by atoms with Crippen LogP contribution in [0, 0.1) is 13.8 Å². The summed E-state index contributed by atoms with van der Waals surface area (Å²) in [6.45, 7) is 3.56. The van der Waals surface area contributed by atoms with Crippen molar-refractivity contribution < 1.29 is 17.9 Å². The Hall–Kier alpha value is -2.14. The SMILES string of the molecule is Cc1ccc(C)c(S(=O)(=O)C2Cc3ccccc3OC2=O)c1. The fourth-order valence-corrected chi connectivity index (χ4v) is 4.51. The fourth-order valence-electron chi connectivity index (χ4n) is 2.63. The van der Waals surface area contributed by atoms with Gasteiger partial charge in [0, 0.05) is 6.42 Å². The maximum atomic E-state index is 12.9. The second-order valence-electron chi connectivity index (χ2n) is 5.54.